The zero-order chi connectivity index (χ0) is 14.1. The quantitative estimate of drug-likeness (QED) is 0.618. The molecule has 104 valence electrons. The van der Waals surface area contributed by atoms with E-state index >= 15 is 0 Å². The van der Waals surface area contributed by atoms with Crippen molar-refractivity contribution < 1.29 is 14.6 Å². The van der Waals surface area contributed by atoms with Gasteiger partial charge < -0.3 is 15.2 Å². The Morgan fingerprint density at radius 2 is 1.59 bits per heavy atom. The van der Waals surface area contributed by atoms with Gasteiger partial charge in [-0.3, -0.25) is 0 Å². The SMILES string of the molecule is CC(C)(C)OC(C)(C)C.O=C(O)NCCCBr. The van der Waals surface area contributed by atoms with Gasteiger partial charge in [-0.2, -0.15) is 0 Å². The number of hydrogen-bond acceptors (Lipinski definition) is 2. The Labute approximate surface area is 113 Å². The first-order valence-electron chi connectivity index (χ1n) is 5.71. The maximum atomic E-state index is 9.75. The summed E-state index contributed by atoms with van der Waals surface area (Å²) < 4.78 is 5.62. The molecular formula is C12H26BrNO3. The highest BCUT2D eigenvalue weighted by Gasteiger charge is 2.19. The molecule has 0 aromatic heterocycles. The molecule has 0 aliphatic rings. The summed E-state index contributed by atoms with van der Waals surface area (Å²) in [6.07, 6.45) is -0.113. The van der Waals surface area contributed by atoms with Crippen LogP contribution in [0.1, 0.15) is 48.0 Å². The van der Waals surface area contributed by atoms with Crippen molar-refractivity contribution in [2.45, 2.75) is 59.2 Å². The zero-order valence-corrected chi connectivity index (χ0v) is 13.3. The fourth-order valence-electron chi connectivity index (χ4n) is 1.18. The highest BCUT2D eigenvalue weighted by atomic mass is 79.9. The van der Waals surface area contributed by atoms with Crippen LogP contribution in [0, 0.1) is 0 Å². The van der Waals surface area contributed by atoms with E-state index in [1.54, 1.807) is 0 Å². The Hall–Kier alpha value is -0.290. The lowest BCUT2D eigenvalue weighted by atomic mass is 10.1. The fourth-order valence-corrected chi connectivity index (χ4v) is 1.46. The number of hydrogen-bond donors (Lipinski definition) is 2. The molecule has 4 nitrogen and oxygen atoms in total. The van der Waals surface area contributed by atoms with Gasteiger partial charge >= 0.3 is 6.09 Å². The minimum Gasteiger partial charge on any atom is -0.465 e. The number of amides is 1. The van der Waals surface area contributed by atoms with E-state index in [1.165, 1.54) is 0 Å². The highest BCUT2D eigenvalue weighted by molar-refractivity contribution is 9.09. The normalized spacial score (nSPS) is 11.5. The van der Waals surface area contributed by atoms with Gasteiger partial charge in [-0.25, -0.2) is 4.79 Å². The fraction of sp³-hybridized carbons (Fsp3) is 0.917. The van der Waals surface area contributed by atoms with E-state index in [4.69, 9.17) is 9.84 Å². The maximum Gasteiger partial charge on any atom is 0.404 e. The molecule has 0 unspecified atom stereocenters. The van der Waals surface area contributed by atoms with Crippen molar-refractivity contribution in [1.29, 1.82) is 0 Å². The van der Waals surface area contributed by atoms with Crippen molar-refractivity contribution in [3.63, 3.8) is 0 Å². The molecule has 0 rings (SSSR count). The molecule has 0 saturated heterocycles. The molecule has 0 saturated carbocycles. The third-order valence-corrected chi connectivity index (χ3v) is 1.76. The first kappa shape index (κ1) is 19.1. The van der Waals surface area contributed by atoms with Gasteiger partial charge in [-0.15, -0.1) is 0 Å². The lowest BCUT2D eigenvalue weighted by Crippen LogP contribution is -2.31. The molecule has 5 heteroatoms. The molecular weight excluding hydrogens is 286 g/mol. The van der Waals surface area contributed by atoms with Crippen molar-refractivity contribution in [2.24, 2.45) is 0 Å². The smallest absolute Gasteiger partial charge is 0.404 e. The van der Waals surface area contributed by atoms with E-state index < -0.39 is 6.09 Å². The molecule has 0 aromatic carbocycles. The van der Waals surface area contributed by atoms with Gasteiger partial charge in [0.25, 0.3) is 0 Å². The standard InChI is InChI=1S/C8H18O.C4H8BrNO2/c1-7(2,3)9-8(4,5)6;5-2-1-3-6-4(7)8/h1-6H3;6H,1-3H2,(H,7,8). The lowest BCUT2D eigenvalue weighted by molar-refractivity contribution is -0.102. The summed E-state index contributed by atoms with van der Waals surface area (Å²) in [6, 6.07) is 0. The Balaban J connectivity index is 0. The molecule has 0 heterocycles. The Morgan fingerprint density at radius 3 is 1.76 bits per heavy atom. The number of alkyl halides is 1. The highest BCUT2D eigenvalue weighted by Crippen LogP contribution is 2.17. The lowest BCUT2D eigenvalue weighted by Gasteiger charge is -2.30. The van der Waals surface area contributed by atoms with E-state index in [-0.39, 0.29) is 11.2 Å². The van der Waals surface area contributed by atoms with Gasteiger partial charge in [-0.1, -0.05) is 15.9 Å². The van der Waals surface area contributed by atoms with Crippen molar-refractivity contribution in [1.82, 2.24) is 5.32 Å². The Bertz CT molecular complexity index is 195. The first-order chi connectivity index (χ1) is 7.48. The topological polar surface area (TPSA) is 58.6 Å². The summed E-state index contributed by atoms with van der Waals surface area (Å²) in [6.45, 7) is 12.9. The molecule has 0 aliphatic carbocycles. The number of nitrogens with one attached hydrogen (secondary N) is 1. The van der Waals surface area contributed by atoms with Crippen molar-refractivity contribution >= 4 is 22.0 Å². The summed E-state index contributed by atoms with van der Waals surface area (Å²) >= 11 is 3.17. The summed E-state index contributed by atoms with van der Waals surface area (Å²) in [7, 11) is 0. The van der Waals surface area contributed by atoms with Crippen LogP contribution in [-0.4, -0.2) is 34.3 Å². The molecule has 1 amide bonds. The van der Waals surface area contributed by atoms with Crippen LogP contribution in [-0.2, 0) is 4.74 Å². The molecule has 0 radical (unpaired) electrons. The molecule has 17 heavy (non-hydrogen) atoms. The number of halogens is 1. The third kappa shape index (κ3) is 25.7. The van der Waals surface area contributed by atoms with Crippen LogP contribution >= 0.6 is 15.9 Å². The van der Waals surface area contributed by atoms with Crippen LogP contribution in [0.2, 0.25) is 0 Å². The van der Waals surface area contributed by atoms with E-state index in [1.807, 2.05) is 0 Å². The first-order valence-corrected chi connectivity index (χ1v) is 6.83. The molecule has 0 bridgehead atoms. The van der Waals surface area contributed by atoms with Gasteiger partial charge in [0.1, 0.15) is 0 Å². The molecule has 0 fully saturated rings. The largest absolute Gasteiger partial charge is 0.465 e. The minimum atomic E-state index is -0.953. The van der Waals surface area contributed by atoms with Crippen LogP contribution in [0.5, 0.6) is 0 Å². The van der Waals surface area contributed by atoms with Crippen LogP contribution in [0.3, 0.4) is 0 Å². The number of carboxylic acid groups (broad SMARTS) is 1. The van der Waals surface area contributed by atoms with Crippen molar-refractivity contribution in [3.8, 4) is 0 Å². The second-order valence-electron chi connectivity index (χ2n) is 5.60. The second kappa shape index (κ2) is 8.75. The van der Waals surface area contributed by atoms with Crippen LogP contribution in [0.4, 0.5) is 4.79 Å². The summed E-state index contributed by atoms with van der Waals surface area (Å²) in [5, 5.41) is 11.1. The van der Waals surface area contributed by atoms with Gasteiger partial charge in [0.05, 0.1) is 11.2 Å². The summed E-state index contributed by atoms with van der Waals surface area (Å²) in [5.41, 5.74) is -0.0312. The van der Waals surface area contributed by atoms with E-state index in [0.717, 1.165) is 11.8 Å². The predicted octanol–water partition coefficient (Wildman–Crippen LogP) is 3.64. The molecule has 2 N–H and O–H groups in total. The third-order valence-electron chi connectivity index (χ3n) is 1.20. The zero-order valence-electron chi connectivity index (χ0n) is 11.8. The van der Waals surface area contributed by atoms with Crippen LogP contribution < -0.4 is 5.32 Å². The van der Waals surface area contributed by atoms with Gasteiger partial charge in [0.2, 0.25) is 0 Å². The molecule has 0 aliphatic heterocycles. The Kier molecular flexibility index (Phi) is 9.81. The van der Waals surface area contributed by atoms with Crippen LogP contribution in [0.15, 0.2) is 0 Å². The predicted molar refractivity (Wildman–Crippen MR) is 75.0 cm³/mol. The molecule has 0 atom stereocenters. The van der Waals surface area contributed by atoms with Gasteiger partial charge in [0.15, 0.2) is 0 Å². The maximum absolute atomic E-state index is 9.75. The van der Waals surface area contributed by atoms with Gasteiger partial charge in [-0.05, 0) is 48.0 Å². The summed E-state index contributed by atoms with van der Waals surface area (Å²) in [5.74, 6) is 0. The van der Waals surface area contributed by atoms with Crippen molar-refractivity contribution in [3.05, 3.63) is 0 Å². The molecule has 0 spiro atoms. The number of rotatable bonds is 3. The Morgan fingerprint density at radius 1 is 1.18 bits per heavy atom. The average Bonchev–Trinajstić information content (AvgIpc) is 1.97. The van der Waals surface area contributed by atoms with E-state index in [2.05, 4.69) is 62.8 Å². The number of carbonyl (C=O) groups is 1. The molecule has 0 aromatic rings. The summed E-state index contributed by atoms with van der Waals surface area (Å²) in [4.78, 5) is 9.75. The number of ether oxygens (including phenoxy) is 1. The van der Waals surface area contributed by atoms with E-state index in [9.17, 15) is 4.79 Å². The monoisotopic (exact) mass is 311 g/mol. The average molecular weight is 312 g/mol. The van der Waals surface area contributed by atoms with Crippen molar-refractivity contribution in [2.75, 3.05) is 11.9 Å². The minimum absolute atomic E-state index is 0.0156. The van der Waals surface area contributed by atoms with Gasteiger partial charge in [0, 0.05) is 11.9 Å². The van der Waals surface area contributed by atoms with Crippen LogP contribution in [0.25, 0.3) is 0 Å². The second-order valence-corrected chi connectivity index (χ2v) is 6.39. The van der Waals surface area contributed by atoms with E-state index in [0.29, 0.717) is 6.54 Å².